The van der Waals surface area contributed by atoms with Gasteiger partial charge in [-0.05, 0) is 24.6 Å². The van der Waals surface area contributed by atoms with Crippen LogP contribution < -0.4 is 10.1 Å². The van der Waals surface area contributed by atoms with Gasteiger partial charge in [-0.3, -0.25) is 4.79 Å². The van der Waals surface area contributed by atoms with Crippen LogP contribution in [-0.2, 0) is 16.0 Å². The van der Waals surface area contributed by atoms with Crippen molar-refractivity contribution in [1.29, 1.82) is 0 Å². The highest BCUT2D eigenvalue weighted by Crippen LogP contribution is 2.18. The molecule has 1 aromatic carbocycles. The summed E-state index contributed by atoms with van der Waals surface area (Å²) in [7, 11) is 1.38. The minimum absolute atomic E-state index is 0.0859. The Kier molecular flexibility index (Phi) is 7.69. The second-order valence-corrected chi connectivity index (χ2v) is 4.35. The van der Waals surface area contributed by atoms with Crippen molar-refractivity contribution in [3.05, 3.63) is 29.8 Å². The fourth-order valence-electron chi connectivity index (χ4n) is 1.95. The Hall–Kier alpha value is -1.59. The van der Waals surface area contributed by atoms with E-state index in [-0.39, 0.29) is 18.6 Å². The molecule has 0 spiro atoms. The quantitative estimate of drug-likeness (QED) is 0.664. The summed E-state index contributed by atoms with van der Waals surface area (Å²) in [6, 6.07) is 7.24. The smallest absolute Gasteiger partial charge is 0.322 e. The molecule has 1 rings (SSSR count). The first-order valence-electron chi connectivity index (χ1n) is 6.85. The van der Waals surface area contributed by atoms with Gasteiger partial charge in [0, 0.05) is 13.0 Å². The molecule has 0 aromatic heterocycles. The number of aliphatic hydroxyl groups excluding tert-OH is 1. The number of hydrogen-bond acceptors (Lipinski definition) is 5. The number of carbonyl (C=O) groups excluding carboxylic acids is 1. The molecule has 0 aliphatic carbocycles. The van der Waals surface area contributed by atoms with Crippen LogP contribution in [0.25, 0.3) is 0 Å². The van der Waals surface area contributed by atoms with Crippen LogP contribution in [0.5, 0.6) is 5.75 Å². The second-order valence-electron chi connectivity index (χ2n) is 4.35. The molecular formula is C15H23NO4. The summed E-state index contributed by atoms with van der Waals surface area (Å²) in [4.78, 5) is 11.5. The fourth-order valence-corrected chi connectivity index (χ4v) is 1.95. The summed E-state index contributed by atoms with van der Waals surface area (Å²) in [6.07, 6.45) is 1.10. The number of methoxy groups -OCH3 is 1. The van der Waals surface area contributed by atoms with Crippen molar-refractivity contribution in [3.8, 4) is 5.75 Å². The summed E-state index contributed by atoms with van der Waals surface area (Å²) in [5.41, 5.74) is 0.966. The Labute approximate surface area is 119 Å². The molecule has 1 unspecified atom stereocenters. The first kappa shape index (κ1) is 16.5. The van der Waals surface area contributed by atoms with E-state index in [0.29, 0.717) is 26.0 Å². The molecule has 0 bridgehead atoms. The zero-order valence-corrected chi connectivity index (χ0v) is 12.1. The topological polar surface area (TPSA) is 67.8 Å². The number of aliphatic hydroxyl groups is 1. The minimum Gasteiger partial charge on any atom is -0.493 e. The van der Waals surface area contributed by atoms with E-state index in [2.05, 4.69) is 5.32 Å². The van der Waals surface area contributed by atoms with Crippen molar-refractivity contribution >= 4 is 5.97 Å². The minimum atomic E-state index is -0.352. The van der Waals surface area contributed by atoms with Crippen LogP contribution in [-0.4, -0.2) is 44.0 Å². The molecule has 0 aliphatic heterocycles. The molecule has 0 heterocycles. The lowest BCUT2D eigenvalue weighted by Gasteiger charge is -2.16. The van der Waals surface area contributed by atoms with Crippen molar-refractivity contribution in [3.63, 3.8) is 0 Å². The third-order valence-electron chi connectivity index (χ3n) is 2.95. The molecule has 0 radical (unpaired) electrons. The normalized spacial score (nSPS) is 11.9. The molecule has 0 saturated carbocycles. The molecule has 2 N–H and O–H groups in total. The summed E-state index contributed by atoms with van der Waals surface area (Å²) >= 11 is 0. The van der Waals surface area contributed by atoms with Crippen LogP contribution in [0.3, 0.4) is 0 Å². The maximum atomic E-state index is 11.5. The number of likely N-dealkylation sites (N-methyl/N-ethyl adjacent to an activating group) is 1. The highest BCUT2D eigenvalue weighted by molar-refractivity contribution is 5.75. The third-order valence-corrected chi connectivity index (χ3v) is 2.95. The molecule has 0 amide bonds. The Morgan fingerprint density at radius 3 is 2.80 bits per heavy atom. The van der Waals surface area contributed by atoms with E-state index in [0.717, 1.165) is 11.3 Å². The lowest BCUT2D eigenvalue weighted by molar-refractivity contribution is -0.143. The maximum Gasteiger partial charge on any atom is 0.322 e. The van der Waals surface area contributed by atoms with Crippen molar-refractivity contribution in [1.82, 2.24) is 5.32 Å². The predicted molar refractivity (Wildman–Crippen MR) is 76.8 cm³/mol. The number of esters is 1. The number of nitrogens with one attached hydrogen (secondary N) is 1. The zero-order chi connectivity index (χ0) is 14.8. The zero-order valence-electron chi connectivity index (χ0n) is 12.1. The Balaban J connectivity index is 2.52. The van der Waals surface area contributed by atoms with Gasteiger partial charge < -0.3 is 19.9 Å². The lowest BCUT2D eigenvalue weighted by atomic mass is 10.1. The van der Waals surface area contributed by atoms with E-state index in [4.69, 9.17) is 14.6 Å². The molecule has 0 fully saturated rings. The van der Waals surface area contributed by atoms with Gasteiger partial charge in [-0.1, -0.05) is 25.1 Å². The van der Waals surface area contributed by atoms with Gasteiger partial charge >= 0.3 is 5.97 Å². The van der Waals surface area contributed by atoms with Crippen LogP contribution in [0.4, 0.5) is 0 Å². The largest absolute Gasteiger partial charge is 0.493 e. The van der Waals surface area contributed by atoms with Crippen LogP contribution in [0.15, 0.2) is 24.3 Å². The van der Waals surface area contributed by atoms with Gasteiger partial charge in [0.25, 0.3) is 0 Å². The monoisotopic (exact) mass is 281 g/mol. The molecule has 112 valence electrons. The van der Waals surface area contributed by atoms with E-state index >= 15 is 0 Å². The van der Waals surface area contributed by atoms with Gasteiger partial charge in [0.15, 0.2) is 0 Å². The highest BCUT2D eigenvalue weighted by atomic mass is 16.5. The summed E-state index contributed by atoms with van der Waals surface area (Å²) in [5, 5.41) is 12.1. The number of hydrogen-bond donors (Lipinski definition) is 2. The number of para-hydroxylation sites is 1. The van der Waals surface area contributed by atoms with E-state index in [1.807, 2.05) is 31.2 Å². The van der Waals surface area contributed by atoms with Crippen molar-refractivity contribution in [2.45, 2.75) is 25.8 Å². The molecule has 0 aliphatic rings. The van der Waals surface area contributed by atoms with Crippen LogP contribution in [0.2, 0.25) is 0 Å². The van der Waals surface area contributed by atoms with Gasteiger partial charge in [-0.15, -0.1) is 0 Å². The molecule has 1 aromatic rings. The van der Waals surface area contributed by atoms with Gasteiger partial charge in [-0.25, -0.2) is 0 Å². The molecular weight excluding hydrogens is 258 g/mol. The van der Waals surface area contributed by atoms with Crippen LogP contribution >= 0.6 is 0 Å². The first-order chi connectivity index (χ1) is 9.72. The first-order valence-corrected chi connectivity index (χ1v) is 6.85. The average molecular weight is 281 g/mol. The van der Waals surface area contributed by atoms with Crippen molar-refractivity contribution in [2.75, 3.05) is 26.9 Å². The summed E-state index contributed by atoms with van der Waals surface area (Å²) in [5.74, 6) is 0.473. The van der Waals surface area contributed by atoms with Crippen molar-refractivity contribution < 1.29 is 19.4 Å². The SMILES string of the molecule is CCNC(CCOc1ccccc1CCO)C(=O)OC. The highest BCUT2D eigenvalue weighted by Gasteiger charge is 2.17. The van der Waals surface area contributed by atoms with Gasteiger partial charge in [-0.2, -0.15) is 0 Å². The summed E-state index contributed by atoms with van der Waals surface area (Å²) < 4.78 is 10.4. The predicted octanol–water partition coefficient (Wildman–Crippen LogP) is 1.14. The Bertz CT molecular complexity index is 409. The van der Waals surface area contributed by atoms with Gasteiger partial charge in [0.2, 0.25) is 0 Å². The Morgan fingerprint density at radius 1 is 1.40 bits per heavy atom. The standard InChI is InChI=1S/C15H23NO4/c1-3-16-13(15(18)19-2)9-11-20-14-7-5-4-6-12(14)8-10-17/h4-7,13,16-17H,3,8-11H2,1-2H3. The lowest BCUT2D eigenvalue weighted by Crippen LogP contribution is -2.38. The van der Waals surface area contributed by atoms with E-state index in [1.54, 1.807) is 0 Å². The average Bonchev–Trinajstić information content (AvgIpc) is 2.47. The van der Waals surface area contributed by atoms with Crippen LogP contribution in [0.1, 0.15) is 18.9 Å². The maximum absolute atomic E-state index is 11.5. The second kappa shape index (κ2) is 9.34. The molecule has 20 heavy (non-hydrogen) atoms. The Morgan fingerprint density at radius 2 is 2.15 bits per heavy atom. The van der Waals surface area contributed by atoms with E-state index < -0.39 is 0 Å². The molecule has 5 nitrogen and oxygen atoms in total. The van der Waals surface area contributed by atoms with E-state index in [1.165, 1.54) is 7.11 Å². The number of benzene rings is 1. The van der Waals surface area contributed by atoms with Crippen LogP contribution in [0, 0.1) is 0 Å². The molecule has 5 heteroatoms. The molecule has 1 atom stereocenters. The number of carbonyl (C=O) groups is 1. The number of ether oxygens (including phenoxy) is 2. The van der Waals surface area contributed by atoms with E-state index in [9.17, 15) is 4.79 Å². The fraction of sp³-hybridized carbons (Fsp3) is 0.533. The van der Waals surface area contributed by atoms with Gasteiger partial charge in [0.1, 0.15) is 11.8 Å². The third kappa shape index (κ3) is 5.19. The number of rotatable bonds is 9. The molecule has 0 saturated heterocycles. The van der Waals surface area contributed by atoms with Crippen molar-refractivity contribution in [2.24, 2.45) is 0 Å². The van der Waals surface area contributed by atoms with Gasteiger partial charge in [0.05, 0.1) is 13.7 Å². The summed E-state index contributed by atoms with van der Waals surface area (Å²) in [6.45, 7) is 3.13.